The van der Waals surface area contributed by atoms with Gasteiger partial charge in [0.25, 0.3) is 11.8 Å². The largest absolute Gasteiger partial charge is 0.490 e. The fourth-order valence-electron chi connectivity index (χ4n) is 5.58. The Balaban J connectivity index is 1.60. The Hall–Kier alpha value is -3.14. The standard InChI is InChI=1S/C36H45Cl2N3O5/c1-24-20-41(25(2)23-42)36(44)30-19-29(39-35(43)28-11-6-5-7-12-28)14-16-33(30)46-26(3)10-8-9-17-45-34(24)22-40(4)21-27-13-15-31(37)32(38)18-27/h5-7,11-16,18-19,24-26,34,42H,8-10,17,20-23H2,1-4H3,(H,39,43)/t24-,25+,26+,34+/m0/s1. The molecule has 1 aliphatic rings. The van der Waals surface area contributed by atoms with E-state index >= 15 is 0 Å². The molecule has 2 amide bonds. The highest BCUT2D eigenvalue weighted by molar-refractivity contribution is 6.42. The van der Waals surface area contributed by atoms with Crippen molar-refractivity contribution in [2.45, 2.75) is 64.8 Å². The van der Waals surface area contributed by atoms with Gasteiger partial charge in [0.05, 0.1) is 40.5 Å². The number of nitrogens with zero attached hydrogens (tertiary/aromatic N) is 2. The van der Waals surface area contributed by atoms with Crippen molar-refractivity contribution in [2.24, 2.45) is 5.92 Å². The van der Waals surface area contributed by atoms with E-state index in [1.165, 1.54) is 0 Å². The Morgan fingerprint density at radius 1 is 1.07 bits per heavy atom. The minimum absolute atomic E-state index is 0.0681. The van der Waals surface area contributed by atoms with Crippen molar-refractivity contribution in [3.8, 4) is 5.75 Å². The van der Waals surface area contributed by atoms with Crippen LogP contribution in [-0.2, 0) is 11.3 Å². The van der Waals surface area contributed by atoms with E-state index in [4.69, 9.17) is 32.7 Å². The van der Waals surface area contributed by atoms with Crippen LogP contribution < -0.4 is 10.1 Å². The van der Waals surface area contributed by atoms with Gasteiger partial charge in [-0.25, -0.2) is 0 Å². The number of fused-ring (bicyclic) bond motifs is 1. The van der Waals surface area contributed by atoms with Gasteiger partial charge in [0.1, 0.15) is 5.75 Å². The number of hydrogen-bond donors (Lipinski definition) is 2. The van der Waals surface area contributed by atoms with E-state index in [2.05, 4.69) is 17.1 Å². The Morgan fingerprint density at radius 3 is 2.54 bits per heavy atom. The zero-order chi connectivity index (χ0) is 33.2. The molecule has 0 unspecified atom stereocenters. The van der Waals surface area contributed by atoms with Crippen molar-refractivity contribution in [3.63, 3.8) is 0 Å². The average molecular weight is 671 g/mol. The lowest BCUT2D eigenvalue weighted by Gasteiger charge is -2.36. The van der Waals surface area contributed by atoms with Gasteiger partial charge in [-0.2, -0.15) is 0 Å². The van der Waals surface area contributed by atoms with Crippen LogP contribution in [0.5, 0.6) is 5.75 Å². The summed E-state index contributed by atoms with van der Waals surface area (Å²) < 4.78 is 12.8. The summed E-state index contributed by atoms with van der Waals surface area (Å²) in [5.74, 6) is -0.181. The Kier molecular flexibility index (Phi) is 13.3. The molecule has 0 saturated heterocycles. The van der Waals surface area contributed by atoms with Crippen molar-refractivity contribution in [3.05, 3.63) is 93.5 Å². The van der Waals surface area contributed by atoms with Gasteiger partial charge in [-0.05, 0) is 88.2 Å². The fourth-order valence-corrected chi connectivity index (χ4v) is 5.90. The minimum Gasteiger partial charge on any atom is -0.490 e. The van der Waals surface area contributed by atoms with Crippen LogP contribution in [0, 0.1) is 5.92 Å². The van der Waals surface area contributed by atoms with Gasteiger partial charge in [0.15, 0.2) is 0 Å². The molecule has 0 spiro atoms. The lowest BCUT2D eigenvalue weighted by Crippen LogP contribution is -2.47. The Labute approximate surface area is 282 Å². The number of rotatable bonds is 8. The van der Waals surface area contributed by atoms with E-state index in [-0.39, 0.29) is 36.5 Å². The van der Waals surface area contributed by atoms with Crippen molar-refractivity contribution in [2.75, 3.05) is 38.7 Å². The molecule has 1 heterocycles. The Morgan fingerprint density at radius 2 is 1.83 bits per heavy atom. The molecule has 2 N–H and O–H groups in total. The van der Waals surface area contributed by atoms with Crippen LogP contribution in [0.1, 0.15) is 66.3 Å². The van der Waals surface area contributed by atoms with Crippen LogP contribution in [0.3, 0.4) is 0 Å². The molecule has 4 rings (SSSR count). The summed E-state index contributed by atoms with van der Waals surface area (Å²) in [5, 5.41) is 14.2. The first-order valence-electron chi connectivity index (χ1n) is 15.9. The second-order valence-corrected chi connectivity index (χ2v) is 13.1. The van der Waals surface area contributed by atoms with E-state index in [1.807, 2.05) is 39.1 Å². The topological polar surface area (TPSA) is 91.3 Å². The summed E-state index contributed by atoms with van der Waals surface area (Å²) in [6.45, 7) is 7.89. The maximum Gasteiger partial charge on any atom is 0.258 e. The molecule has 248 valence electrons. The highest BCUT2D eigenvalue weighted by Crippen LogP contribution is 2.29. The maximum absolute atomic E-state index is 14.3. The van der Waals surface area contributed by atoms with E-state index in [9.17, 15) is 14.7 Å². The number of ether oxygens (including phenoxy) is 2. The lowest BCUT2D eigenvalue weighted by atomic mass is 10.0. The molecule has 0 aliphatic carbocycles. The normalized spacial score (nSPS) is 20.4. The number of benzene rings is 3. The second-order valence-electron chi connectivity index (χ2n) is 12.3. The third kappa shape index (κ3) is 9.93. The van der Waals surface area contributed by atoms with Gasteiger partial charge in [-0.1, -0.05) is 54.4 Å². The van der Waals surface area contributed by atoms with Crippen LogP contribution in [0.2, 0.25) is 10.0 Å². The van der Waals surface area contributed by atoms with E-state index < -0.39 is 6.04 Å². The number of amides is 2. The van der Waals surface area contributed by atoms with E-state index in [1.54, 1.807) is 53.4 Å². The first-order chi connectivity index (χ1) is 22.0. The van der Waals surface area contributed by atoms with Crippen molar-refractivity contribution in [1.82, 2.24) is 9.80 Å². The zero-order valence-corrected chi connectivity index (χ0v) is 28.6. The van der Waals surface area contributed by atoms with Crippen molar-refractivity contribution < 1.29 is 24.2 Å². The molecular weight excluding hydrogens is 625 g/mol. The fraction of sp³-hybridized carbons (Fsp3) is 0.444. The van der Waals surface area contributed by atoms with E-state index in [0.717, 1.165) is 24.8 Å². The molecule has 0 bridgehead atoms. The van der Waals surface area contributed by atoms with Gasteiger partial charge >= 0.3 is 0 Å². The first kappa shape index (κ1) is 35.7. The number of hydrogen-bond acceptors (Lipinski definition) is 6. The number of aliphatic hydroxyl groups is 1. The molecule has 3 aromatic carbocycles. The molecular formula is C36H45Cl2N3O5. The van der Waals surface area contributed by atoms with Gasteiger partial charge < -0.3 is 24.8 Å². The quantitative estimate of drug-likeness (QED) is 0.264. The van der Waals surface area contributed by atoms with Crippen LogP contribution in [0.15, 0.2) is 66.7 Å². The van der Waals surface area contributed by atoms with Crippen LogP contribution in [0.25, 0.3) is 0 Å². The summed E-state index contributed by atoms with van der Waals surface area (Å²) in [4.78, 5) is 31.1. The molecule has 46 heavy (non-hydrogen) atoms. The molecule has 0 saturated carbocycles. The molecule has 3 aromatic rings. The number of likely N-dealkylation sites (N-methyl/N-ethyl adjacent to an activating group) is 1. The number of aliphatic hydroxyl groups excluding tert-OH is 1. The average Bonchev–Trinajstić information content (AvgIpc) is 3.04. The zero-order valence-electron chi connectivity index (χ0n) is 27.0. The minimum atomic E-state index is -0.467. The summed E-state index contributed by atoms with van der Waals surface area (Å²) in [7, 11) is 2.03. The molecule has 4 atom stereocenters. The van der Waals surface area contributed by atoms with Crippen LogP contribution in [0.4, 0.5) is 5.69 Å². The predicted octanol–water partition coefficient (Wildman–Crippen LogP) is 7.17. The highest BCUT2D eigenvalue weighted by Gasteiger charge is 2.30. The summed E-state index contributed by atoms with van der Waals surface area (Å²) in [5.41, 5.74) is 2.36. The van der Waals surface area contributed by atoms with Gasteiger partial charge in [0.2, 0.25) is 0 Å². The molecule has 8 nitrogen and oxygen atoms in total. The highest BCUT2D eigenvalue weighted by atomic mass is 35.5. The SMILES string of the molecule is C[C@@H]1CCCCO[C@H](CN(C)Cc2ccc(Cl)c(Cl)c2)[C@@H](C)CN([C@H](C)CO)C(=O)c2cc(NC(=O)c3ccccc3)ccc2O1. The van der Waals surface area contributed by atoms with Gasteiger partial charge in [-0.15, -0.1) is 0 Å². The summed E-state index contributed by atoms with van der Waals surface area (Å²) >= 11 is 12.4. The lowest BCUT2D eigenvalue weighted by molar-refractivity contribution is -0.0177. The number of halogens is 2. The molecule has 10 heteroatoms. The molecule has 1 aliphatic heterocycles. The molecule has 0 fully saturated rings. The van der Waals surface area contributed by atoms with E-state index in [0.29, 0.717) is 58.9 Å². The molecule has 0 radical (unpaired) electrons. The Bertz CT molecular complexity index is 1460. The maximum atomic E-state index is 14.3. The third-order valence-corrected chi connectivity index (χ3v) is 9.01. The molecule has 0 aromatic heterocycles. The van der Waals surface area contributed by atoms with Gasteiger partial charge in [0, 0.05) is 43.4 Å². The number of anilines is 1. The number of carbonyl (C=O) groups is 2. The third-order valence-electron chi connectivity index (χ3n) is 8.27. The van der Waals surface area contributed by atoms with Gasteiger partial charge in [-0.3, -0.25) is 14.5 Å². The monoisotopic (exact) mass is 669 g/mol. The number of nitrogens with one attached hydrogen (secondary N) is 1. The smallest absolute Gasteiger partial charge is 0.258 e. The first-order valence-corrected chi connectivity index (χ1v) is 16.6. The van der Waals surface area contributed by atoms with Crippen LogP contribution >= 0.6 is 23.2 Å². The van der Waals surface area contributed by atoms with Crippen molar-refractivity contribution in [1.29, 1.82) is 0 Å². The second kappa shape index (κ2) is 17.1. The number of carbonyl (C=O) groups excluding carboxylic acids is 2. The predicted molar refractivity (Wildman–Crippen MR) is 184 cm³/mol. The van der Waals surface area contributed by atoms with Crippen molar-refractivity contribution >= 4 is 40.7 Å². The van der Waals surface area contributed by atoms with Crippen LogP contribution in [-0.4, -0.2) is 78.3 Å². The summed E-state index contributed by atoms with van der Waals surface area (Å²) in [6, 6.07) is 19.2. The summed E-state index contributed by atoms with van der Waals surface area (Å²) in [6.07, 6.45) is 2.25.